The third kappa shape index (κ3) is 3.52. The minimum atomic E-state index is 0.299. The van der Waals surface area contributed by atoms with E-state index >= 15 is 0 Å². The van der Waals surface area contributed by atoms with E-state index in [2.05, 4.69) is 47.6 Å². The van der Waals surface area contributed by atoms with Crippen LogP contribution in [0.2, 0.25) is 0 Å². The highest BCUT2D eigenvalue weighted by Gasteiger charge is 2.05. The number of hydrogen-bond donors (Lipinski definition) is 1. The van der Waals surface area contributed by atoms with Crippen LogP contribution in [-0.2, 0) is 6.42 Å². The first kappa shape index (κ1) is 13.5. The fraction of sp³-hybridized carbons (Fsp3) is 0.375. The second-order valence-corrected chi connectivity index (χ2v) is 4.66. The molecule has 0 aliphatic heterocycles. The van der Waals surface area contributed by atoms with E-state index in [1.165, 1.54) is 10.9 Å². The quantitative estimate of drug-likeness (QED) is 0.860. The van der Waals surface area contributed by atoms with E-state index < -0.39 is 0 Å². The normalized spacial score (nSPS) is 12.2. The number of para-hydroxylation sites is 1. The second kappa shape index (κ2) is 6.86. The van der Waals surface area contributed by atoms with Crippen molar-refractivity contribution in [2.75, 3.05) is 6.54 Å². The summed E-state index contributed by atoms with van der Waals surface area (Å²) in [6.45, 7) is 2.99. The Morgan fingerprint density at radius 3 is 2.95 bits per heavy atom. The topological polar surface area (TPSA) is 48.7 Å². The van der Waals surface area contributed by atoms with Crippen LogP contribution in [0.3, 0.4) is 0 Å². The molecule has 19 heavy (non-hydrogen) atoms. The Morgan fingerprint density at radius 1 is 1.32 bits per heavy atom. The van der Waals surface area contributed by atoms with Crippen molar-refractivity contribution < 1.29 is 0 Å². The van der Waals surface area contributed by atoms with Crippen LogP contribution < -0.4 is 5.32 Å². The predicted octanol–water partition coefficient (Wildman–Crippen LogP) is 3.06. The van der Waals surface area contributed by atoms with Crippen molar-refractivity contribution in [3.05, 3.63) is 42.1 Å². The number of nitriles is 1. The van der Waals surface area contributed by atoms with Crippen molar-refractivity contribution in [2.24, 2.45) is 0 Å². The third-order valence-electron chi connectivity index (χ3n) is 3.37. The standard InChI is InChI=1S/C16H19N3/c1-2-15(8-10-17)18-12-9-14-6-3-5-13-7-4-11-19-16(13)14/h3-7,11,15,18H,2,8-9,12H2,1H3. The fourth-order valence-electron chi connectivity index (χ4n) is 2.25. The monoisotopic (exact) mass is 253 g/mol. The first-order valence-electron chi connectivity index (χ1n) is 6.78. The van der Waals surface area contributed by atoms with Gasteiger partial charge in [0, 0.05) is 17.6 Å². The van der Waals surface area contributed by atoms with Crippen LogP contribution in [0.1, 0.15) is 25.3 Å². The molecule has 0 aliphatic rings. The largest absolute Gasteiger partial charge is 0.313 e. The van der Waals surface area contributed by atoms with E-state index in [1.807, 2.05) is 12.3 Å². The Hall–Kier alpha value is -1.92. The molecule has 0 bridgehead atoms. The molecule has 1 aromatic heterocycles. The second-order valence-electron chi connectivity index (χ2n) is 4.66. The summed E-state index contributed by atoms with van der Waals surface area (Å²) in [5.74, 6) is 0. The number of fused-ring (bicyclic) bond motifs is 1. The first-order chi connectivity index (χ1) is 9.35. The van der Waals surface area contributed by atoms with E-state index in [0.717, 1.165) is 24.9 Å². The Kier molecular flexibility index (Phi) is 4.88. The zero-order chi connectivity index (χ0) is 13.5. The summed E-state index contributed by atoms with van der Waals surface area (Å²) >= 11 is 0. The highest BCUT2D eigenvalue weighted by molar-refractivity contribution is 5.81. The molecular weight excluding hydrogens is 234 g/mol. The van der Waals surface area contributed by atoms with E-state index in [4.69, 9.17) is 5.26 Å². The molecule has 0 fully saturated rings. The summed E-state index contributed by atoms with van der Waals surface area (Å²) < 4.78 is 0. The molecule has 2 rings (SSSR count). The van der Waals surface area contributed by atoms with Crippen molar-refractivity contribution in [3.63, 3.8) is 0 Å². The zero-order valence-electron chi connectivity index (χ0n) is 11.3. The van der Waals surface area contributed by atoms with Gasteiger partial charge in [0.15, 0.2) is 0 Å². The molecule has 0 saturated heterocycles. The van der Waals surface area contributed by atoms with Crippen LogP contribution >= 0.6 is 0 Å². The Bertz CT molecular complexity index is 566. The molecule has 2 aromatic rings. The van der Waals surface area contributed by atoms with Gasteiger partial charge in [-0.25, -0.2) is 0 Å². The van der Waals surface area contributed by atoms with Crippen LogP contribution in [0.25, 0.3) is 10.9 Å². The number of nitrogens with zero attached hydrogens (tertiary/aromatic N) is 2. The van der Waals surface area contributed by atoms with Crippen LogP contribution in [0.5, 0.6) is 0 Å². The van der Waals surface area contributed by atoms with E-state index in [9.17, 15) is 0 Å². The van der Waals surface area contributed by atoms with Gasteiger partial charge in [-0.1, -0.05) is 31.2 Å². The summed E-state index contributed by atoms with van der Waals surface area (Å²) in [7, 11) is 0. The van der Waals surface area contributed by atoms with Crippen LogP contribution in [-0.4, -0.2) is 17.6 Å². The summed E-state index contributed by atoms with van der Waals surface area (Å²) in [5, 5.41) is 13.3. The molecule has 1 heterocycles. The average molecular weight is 253 g/mol. The molecule has 0 saturated carbocycles. The van der Waals surface area contributed by atoms with E-state index in [0.29, 0.717) is 12.5 Å². The smallest absolute Gasteiger partial charge is 0.0734 e. The maximum atomic E-state index is 8.73. The van der Waals surface area contributed by atoms with Crippen LogP contribution in [0.15, 0.2) is 36.5 Å². The highest BCUT2D eigenvalue weighted by atomic mass is 14.9. The van der Waals surface area contributed by atoms with Gasteiger partial charge in [0.25, 0.3) is 0 Å². The molecule has 3 nitrogen and oxygen atoms in total. The van der Waals surface area contributed by atoms with Crippen molar-refractivity contribution in [1.82, 2.24) is 10.3 Å². The van der Waals surface area contributed by atoms with Crippen molar-refractivity contribution in [1.29, 1.82) is 5.26 Å². The molecular formula is C16H19N3. The minimum Gasteiger partial charge on any atom is -0.313 e. The summed E-state index contributed by atoms with van der Waals surface area (Å²) in [6, 6.07) is 12.9. The molecule has 1 N–H and O–H groups in total. The summed E-state index contributed by atoms with van der Waals surface area (Å²) in [6.07, 6.45) is 4.34. The van der Waals surface area contributed by atoms with Crippen molar-refractivity contribution in [2.45, 2.75) is 32.2 Å². The third-order valence-corrected chi connectivity index (χ3v) is 3.37. The number of hydrogen-bond acceptors (Lipinski definition) is 3. The van der Waals surface area contributed by atoms with E-state index in [-0.39, 0.29) is 0 Å². The molecule has 1 atom stereocenters. The molecule has 1 aromatic carbocycles. The van der Waals surface area contributed by atoms with Crippen molar-refractivity contribution >= 4 is 10.9 Å². The maximum Gasteiger partial charge on any atom is 0.0734 e. The maximum absolute atomic E-state index is 8.73. The Morgan fingerprint density at radius 2 is 2.16 bits per heavy atom. The average Bonchev–Trinajstić information content (AvgIpc) is 2.46. The summed E-state index contributed by atoms with van der Waals surface area (Å²) in [5.41, 5.74) is 2.34. The number of rotatable bonds is 6. The molecule has 3 heteroatoms. The number of benzene rings is 1. The molecule has 0 amide bonds. The van der Waals surface area contributed by atoms with Gasteiger partial charge in [-0.05, 0) is 31.0 Å². The lowest BCUT2D eigenvalue weighted by Gasteiger charge is -2.13. The van der Waals surface area contributed by atoms with Crippen molar-refractivity contribution in [3.8, 4) is 6.07 Å². The predicted molar refractivity (Wildman–Crippen MR) is 77.8 cm³/mol. The minimum absolute atomic E-state index is 0.299. The Labute approximate surface area is 114 Å². The molecule has 1 unspecified atom stereocenters. The van der Waals surface area contributed by atoms with Crippen LogP contribution in [0.4, 0.5) is 0 Å². The van der Waals surface area contributed by atoms with Gasteiger partial charge in [0.05, 0.1) is 18.0 Å². The van der Waals surface area contributed by atoms with Gasteiger partial charge in [-0.15, -0.1) is 0 Å². The fourth-order valence-corrected chi connectivity index (χ4v) is 2.25. The first-order valence-corrected chi connectivity index (χ1v) is 6.78. The lowest BCUT2D eigenvalue weighted by atomic mass is 10.1. The highest BCUT2D eigenvalue weighted by Crippen LogP contribution is 2.16. The summed E-state index contributed by atoms with van der Waals surface area (Å²) in [4.78, 5) is 4.46. The zero-order valence-corrected chi connectivity index (χ0v) is 11.3. The number of aromatic nitrogens is 1. The van der Waals surface area contributed by atoms with Gasteiger partial charge in [-0.3, -0.25) is 4.98 Å². The number of nitrogens with one attached hydrogen (secondary N) is 1. The lowest BCUT2D eigenvalue weighted by molar-refractivity contribution is 0.509. The number of pyridine rings is 1. The van der Waals surface area contributed by atoms with Gasteiger partial charge >= 0.3 is 0 Å². The Balaban J connectivity index is 2.00. The lowest BCUT2D eigenvalue weighted by Crippen LogP contribution is -2.29. The van der Waals surface area contributed by atoms with Gasteiger partial charge < -0.3 is 5.32 Å². The molecule has 0 aliphatic carbocycles. The molecule has 98 valence electrons. The molecule has 0 spiro atoms. The van der Waals surface area contributed by atoms with E-state index in [1.54, 1.807) is 0 Å². The molecule has 0 radical (unpaired) electrons. The SMILES string of the molecule is CCC(CC#N)NCCc1cccc2cccnc12. The van der Waals surface area contributed by atoms with Crippen LogP contribution in [0, 0.1) is 11.3 Å². The van der Waals surface area contributed by atoms with Gasteiger partial charge in [0.1, 0.15) is 0 Å². The van der Waals surface area contributed by atoms with Gasteiger partial charge in [-0.2, -0.15) is 5.26 Å². The van der Waals surface area contributed by atoms with Gasteiger partial charge in [0.2, 0.25) is 0 Å².